The van der Waals surface area contributed by atoms with Crippen molar-refractivity contribution in [1.82, 2.24) is 0 Å². The second-order valence-corrected chi connectivity index (χ2v) is 13.5. The number of hydrogen-bond acceptors (Lipinski definition) is 0. The van der Waals surface area contributed by atoms with Crippen molar-refractivity contribution in [3.05, 3.63) is 0 Å². The van der Waals surface area contributed by atoms with Gasteiger partial charge in [-0.05, 0) is 25.7 Å². The molecule has 1 nitrogen and oxygen atoms in total. The molecule has 228 valence electrons. The van der Waals surface area contributed by atoms with Crippen LogP contribution in [0.15, 0.2) is 0 Å². The molecule has 0 radical (unpaired) electrons. The largest absolute Gasteiger partial charge is 0.324 e. The lowest BCUT2D eigenvalue weighted by Crippen LogP contribution is -2.46. The molecule has 1 heteroatoms. The van der Waals surface area contributed by atoms with E-state index in [1.54, 1.807) is 0 Å². The second-order valence-electron chi connectivity index (χ2n) is 13.5. The first-order valence-corrected chi connectivity index (χ1v) is 18.7. The Hall–Kier alpha value is -0.0400. The van der Waals surface area contributed by atoms with E-state index in [9.17, 15) is 0 Å². The standard InChI is InChI=1S/C37H76N/c1-3-5-7-9-11-13-15-17-18-19-20-21-23-25-27-29-31-35-38(36-32-33-37-38)34-30-28-26-24-22-16-14-12-10-8-6-4-2/h3-37H2,1-2H3/q+1. The van der Waals surface area contributed by atoms with Crippen LogP contribution in [0, 0.1) is 0 Å². The summed E-state index contributed by atoms with van der Waals surface area (Å²) in [6.45, 7) is 10.6. The molecule has 1 saturated heterocycles. The Morgan fingerprint density at radius 3 is 0.737 bits per heavy atom. The smallest absolute Gasteiger partial charge is 0.0788 e. The van der Waals surface area contributed by atoms with Crippen LogP contribution in [0.2, 0.25) is 0 Å². The molecule has 0 bridgehead atoms. The molecule has 0 aromatic carbocycles. The minimum Gasteiger partial charge on any atom is -0.324 e. The van der Waals surface area contributed by atoms with E-state index < -0.39 is 0 Å². The minimum atomic E-state index is 1.37. The third-order valence-corrected chi connectivity index (χ3v) is 9.74. The Bertz CT molecular complexity index is 438. The molecular formula is C37H76N+. The normalized spacial score (nSPS) is 15.0. The molecule has 0 amide bonds. The predicted octanol–water partition coefficient (Wildman–Crippen LogP) is 12.9. The van der Waals surface area contributed by atoms with Crippen molar-refractivity contribution >= 4 is 0 Å². The molecule has 0 N–H and O–H groups in total. The van der Waals surface area contributed by atoms with Crippen molar-refractivity contribution in [2.45, 2.75) is 213 Å². The van der Waals surface area contributed by atoms with Crippen molar-refractivity contribution in [3.63, 3.8) is 0 Å². The van der Waals surface area contributed by atoms with E-state index in [1.165, 1.54) is 230 Å². The van der Waals surface area contributed by atoms with Crippen molar-refractivity contribution in [2.75, 3.05) is 26.2 Å². The molecule has 38 heavy (non-hydrogen) atoms. The number of unbranched alkanes of at least 4 members (excludes halogenated alkanes) is 27. The molecule has 0 aromatic heterocycles. The maximum Gasteiger partial charge on any atom is 0.0788 e. The molecule has 1 rings (SSSR count). The Morgan fingerprint density at radius 1 is 0.289 bits per heavy atom. The Balaban J connectivity index is 1.86. The van der Waals surface area contributed by atoms with Crippen molar-refractivity contribution < 1.29 is 4.48 Å². The highest BCUT2D eigenvalue weighted by molar-refractivity contribution is 4.58. The highest BCUT2D eigenvalue weighted by Gasteiger charge is 2.30. The lowest BCUT2D eigenvalue weighted by atomic mass is 10.0. The third-order valence-electron chi connectivity index (χ3n) is 9.74. The zero-order valence-corrected chi connectivity index (χ0v) is 27.2. The van der Waals surface area contributed by atoms with Crippen LogP contribution in [-0.2, 0) is 0 Å². The van der Waals surface area contributed by atoms with Gasteiger partial charge in [0.05, 0.1) is 26.2 Å². The van der Waals surface area contributed by atoms with Gasteiger partial charge in [0.15, 0.2) is 0 Å². The molecular weight excluding hydrogens is 458 g/mol. The molecule has 1 aliphatic rings. The summed E-state index contributed by atoms with van der Waals surface area (Å²) in [5.41, 5.74) is 0. The van der Waals surface area contributed by atoms with Gasteiger partial charge >= 0.3 is 0 Å². The van der Waals surface area contributed by atoms with Gasteiger partial charge in [-0.15, -0.1) is 0 Å². The monoisotopic (exact) mass is 535 g/mol. The summed E-state index contributed by atoms with van der Waals surface area (Å²) >= 11 is 0. The van der Waals surface area contributed by atoms with Gasteiger partial charge in [0.1, 0.15) is 0 Å². The average Bonchev–Trinajstić information content (AvgIpc) is 3.40. The summed E-state index contributed by atoms with van der Waals surface area (Å²) in [7, 11) is 0. The maximum absolute atomic E-state index is 2.31. The quantitative estimate of drug-likeness (QED) is 0.0612. The zero-order chi connectivity index (χ0) is 27.2. The zero-order valence-electron chi connectivity index (χ0n) is 27.2. The minimum absolute atomic E-state index is 1.37. The summed E-state index contributed by atoms with van der Waals surface area (Å²) in [6, 6.07) is 0. The molecule has 0 saturated carbocycles. The van der Waals surface area contributed by atoms with Crippen LogP contribution in [0.1, 0.15) is 213 Å². The van der Waals surface area contributed by atoms with Crippen LogP contribution in [0.4, 0.5) is 0 Å². The molecule has 0 aliphatic carbocycles. The number of quaternary nitrogens is 1. The van der Waals surface area contributed by atoms with Crippen molar-refractivity contribution in [3.8, 4) is 0 Å². The maximum atomic E-state index is 2.31. The van der Waals surface area contributed by atoms with E-state index in [0.29, 0.717) is 0 Å². The SMILES string of the molecule is CCCCCCCCCCCCCCCCCCC[N+]1(CCCCCCCCCCCCCC)CCCC1. The van der Waals surface area contributed by atoms with Crippen molar-refractivity contribution in [1.29, 1.82) is 0 Å². The second kappa shape index (κ2) is 28.5. The summed E-state index contributed by atoms with van der Waals surface area (Å²) in [5, 5.41) is 0. The number of likely N-dealkylation sites (tertiary alicyclic amines) is 1. The first-order valence-electron chi connectivity index (χ1n) is 18.7. The van der Waals surface area contributed by atoms with Crippen LogP contribution in [0.3, 0.4) is 0 Å². The molecule has 1 fully saturated rings. The lowest BCUT2D eigenvalue weighted by Gasteiger charge is -2.34. The molecule has 1 aliphatic heterocycles. The third kappa shape index (κ3) is 22.7. The van der Waals surface area contributed by atoms with Gasteiger partial charge in [-0.3, -0.25) is 0 Å². The molecule has 0 unspecified atom stereocenters. The molecule has 0 aromatic rings. The van der Waals surface area contributed by atoms with E-state index in [4.69, 9.17) is 0 Å². The highest BCUT2D eigenvalue weighted by Crippen LogP contribution is 2.23. The molecule has 0 atom stereocenters. The lowest BCUT2D eigenvalue weighted by molar-refractivity contribution is -0.917. The summed E-state index contributed by atoms with van der Waals surface area (Å²) < 4.78 is 1.50. The van der Waals surface area contributed by atoms with Gasteiger partial charge in [0.25, 0.3) is 0 Å². The number of nitrogens with zero attached hydrogens (tertiary/aromatic N) is 1. The fourth-order valence-electron chi connectivity index (χ4n) is 7.03. The van der Waals surface area contributed by atoms with E-state index in [2.05, 4.69) is 13.8 Å². The average molecular weight is 535 g/mol. The van der Waals surface area contributed by atoms with Gasteiger partial charge in [-0.25, -0.2) is 0 Å². The predicted molar refractivity (Wildman–Crippen MR) is 174 cm³/mol. The van der Waals surface area contributed by atoms with E-state index in [-0.39, 0.29) is 0 Å². The fraction of sp³-hybridized carbons (Fsp3) is 1.00. The highest BCUT2D eigenvalue weighted by atomic mass is 15.4. The number of hydrogen-bond donors (Lipinski definition) is 0. The number of rotatable bonds is 31. The Labute approximate surface area is 243 Å². The molecule has 0 spiro atoms. The Kier molecular flexibility index (Phi) is 27.0. The van der Waals surface area contributed by atoms with Crippen LogP contribution in [-0.4, -0.2) is 30.7 Å². The van der Waals surface area contributed by atoms with Gasteiger partial charge in [-0.2, -0.15) is 0 Å². The topological polar surface area (TPSA) is 0 Å². The van der Waals surface area contributed by atoms with Crippen LogP contribution in [0.25, 0.3) is 0 Å². The van der Waals surface area contributed by atoms with E-state index in [0.717, 1.165) is 0 Å². The first-order chi connectivity index (χ1) is 18.8. The summed E-state index contributed by atoms with van der Waals surface area (Å²) in [5.74, 6) is 0. The van der Waals surface area contributed by atoms with E-state index in [1.807, 2.05) is 0 Å². The fourth-order valence-corrected chi connectivity index (χ4v) is 7.03. The first kappa shape index (κ1) is 36.0. The van der Waals surface area contributed by atoms with Crippen LogP contribution >= 0.6 is 0 Å². The van der Waals surface area contributed by atoms with Gasteiger partial charge in [-0.1, -0.05) is 174 Å². The van der Waals surface area contributed by atoms with Crippen LogP contribution in [0.5, 0.6) is 0 Å². The summed E-state index contributed by atoms with van der Waals surface area (Å²) in [4.78, 5) is 0. The van der Waals surface area contributed by atoms with Crippen LogP contribution < -0.4 is 0 Å². The van der Waals surface area contributed by atoms with Gasteiger partial charge < -0.3 is 4.48 Å². The molecule has 1 heterocycles. The van der Waals surface area contributed by atoms with E-state index >= 15 is 0 Å². The van der Waals surface area contributed by atoms with Gasteiger partial charge in [0.2, 0.25) is 0 Å². The Morgan fingerprint density at radius 2 is 0.500 bits per heavy atom. The van der Waals surface area contributed by atoms with Crippen molar-refractivity contribution in [2.24, 2.45) is 0 Å². The summed E-state index contributed by atoms with van der Waals surface area (Å²) in [6.07, 6.45) is 45.9. The van der Waals surface area contributed by atoms with Gasteiger partial charge in [0, 0.05) is 12.8 Å².